The van der Waals surface area contributed by atoms with Crippen molar-refractivity contribution < 1.29 is 0 Å². The quantitative estimate of drug-likeness (QED) is 0.798. The Bertz CT molecular complexity index is 746. The first-order chi connectivity index (χ1) is 10.1. The van der Waals surface area contributed by atoms with Gasteiger partial charge in [0.2, 0.25) is 0 Å². The third kappa shape index (κ3) is 2.86. The fourth-order valence-electron chi connectivity index (χ4n) is 2.22. The summed E-state index contributed by atoms with van der Waals surface area (Å²) in [4.78, 5) is 8.70. The van der Waals surface area contributed by atoms with E-state index >= 15 is 0 Å². The number of anilines is 1. The summed E-state index contributed by atoms with van der Waals surface area (Å²) < 4.78 is 1.86. The zero-order chi connectivity index (χ0) is 14.8. The molecule has 5 nitrogen and oxygen atoms in total. The van der Waals surface area contributed by atoms with Gasteiger partial charge in [0.1, 0.15) is 5.82 Å². The molecule has 0 atom stereocenters. The highest BCUT2D eigenvalue weighted by atomic mass is 15.3. The summed E-state index contributed by atoms with van der Waals surface area (Å²) in [6.45, 7) is 7.01. The van der Waals surface area contributed by atoms with Crippen LogP contribution in [0.15, 0.2) is 36.7 Å². The first-order valence-electron chi connectivity index (χ1n) is 7.13. The third-order valence-electron chi connectivity index (χ3n) is 3.38. The number of pyridine rings is 1. The normalized spacial score (nSPS) is 11.2. The van der Waals surface area contributed by atoms with E-state index < -0.39 is 0 Å². The molecule has 1 N–H and O–H groups in total. The molecule has 0 fully saturated rings. The molecule has 0 aliphatic carbocycles. The molecule has 108 valence electrons. The number of nitrogens with one attached hydrogen (secondary N) is 1. The Balaban J connectivity index is 1.95. The zero-order valence-electron chi connectivity index (χ0n) is 12.5. The standard InChI is InChI=1S/C16H19N5/c1-11(2)14-9-15(18-10-13-4-6-17-7-5-13)21-16(19-14)8-12(3)20-21/h4-9,11,18H,10H2,1-3H3. The van der Waals surface area contributed by atoms with Crippen LogP contribution in [0.3, 0.4) is 0 Å². The minimum absolute atomic E-state index is 0.381. The van der Waals surface area contributed by atoms with Gasteiger partial charge >= 0.3 is 0 Å². The minimum atomic E-state index is 0.381. The molecule has 0 aliphatic heterocycles. The van der Waals surface area contributed by atoms with Crippen molar-refractivity contribution in [3.63, 3.8) is 0 Å². The highest BCUT2D eigenvalue weighted by Gasteiger charge is 2.10. The molecular weight excluding hydrogens is 262 g/mol. The molecule has 3 rings (SSSR count). The molecule has 5 heteroatoms. The van der Waals surface area contributed by atoms with Crippen LogP contribution in [0.5, 0.6) is 0 Å². The summed E-state index contributed by atoms with van der Waals surface area (Å²) in [5.74, 6) is 1.35. The van der Waals surface area contributed by atoms with E-state index in [1.165, 1.54) is 5.56 Å². The summed E-state index contributed by atoms with van der Waals surface area (Å²) in [6.07, 6.45) is 3.60. The Hall–Kier alpha value is -2.43. The maximum Gasteiger partial charge on any atom is 0.157 e. The number of rotatable bonds is 4. The van der Waals surface area contributed by atoms with Crippen molar-refractivity contribution in [3.05, 3.63) is 53.6 Å². The SMILES string of the molecule is Cc1cc2nc(C(C)C)cc(NCc3ccncc3)n2n1. The van der Waals surface area contributed by atoms with Crippen LogP contribution in [0.2, 0.25) is 0 Å². The first-order valence-corrected chi connectivity index (χ1v) is 7.13. The van der Waals surface area contributed by atoms with E-state index in [0.29, 0.717) is 5.92 Å². The molecule has 3 aromatic heterocycles. The maximum absolute atomic E-state index is 4.66. The van der Waals surface area contributed by atoms with Crippen molar-refractivity contribution in [3.8, 4) is 0 Å². The molecule has 0 unspecified atom stereocenters. The smallest absolute Gasteiger partial charge is 0.157 e. The predicted octanol–water partition coefficient (Wildman–Crippen LogP) is 3.17. The second kappa shape index (κ2) is 5.52. The first kappa shape index (κ1) is 13.5. The van der Waals surface area contributed by atoms with Crippen molar-refractivity contribution >= 4 is 11.5 Å². The molecular formula is C16H19N5. The zero-order valence-corrected chi connectivity index (χ0v) is 12.5. The van der Waals surface area contributed by atoms with Crippen LogP contribution >= 0.6 is 0 Å². The molecule has 0 bridgehead atoms. The van der Waals surface area contributed by atoms with Crippen LogP contribution in [0.1, 0.15) is 36.7 Å². The summed E-state index contributed by atoms with van der Waals surface area (Å²) in [6, 6.07) is 8.08. The van der Waals surface area contributed by atoms with Gasteiger partial charge in [-0.05, 0) is 30.5 Å². The van der Waals surface area contributed by atoms with Crippen molar-refractivity contribution in [2.75, 3.05) is 5.32 Å². The Morgan fingerprint density at radius 3 is 2.67 bits per heavy atom. The average molecular weight is 281 g/mol. The van der Waals surface area contributed by atoms with Gasteiger partial charge in [-0.25, -0.2) is 4.98 Å². The number of aromatic nitrogens is 4. The van der Waals surface area contributed by atoms with Gasteiger partial charge in [-0.3, -0.25) is 4.98 Å². The fraction of sp³-hybridized carbons (Fsp3) is 0.312. The summed E-state index contributed by atoms with van der Waals surface area (Å²) in [5.41, 5.74) is 4.11. The highest BCUT2D eigenvalue weighted by Crippen LogP contribution is 2.20. The lowest BCUT2D eigenvalue weighted by molar-refractivity contribution is 0.806. The van der Waals surface area contributed by atoms with Crippen LogP contribution in [0.4, 0.5) is 5.82 Å². The van der Waals surface area contributed by atoms with E-state index in [4.69, 9.17) is 0 Å². The van der Waals surface area contributed by atoms with E-state index in [1.807, 2.05) is 29.6 Å². The second-order valence-electron chi connectivity index (χ2n) is 5.49. The van der Waals surface area contributed by atoms with Crippen molar-refractivity contribution in [2.24, 2.45) is 0 Å². The minimum Gasteiger partial charge on any atom is -0.366 e. The lowest BCUT2D eigenvalue weighted by atomic mass is 10.1. The Labute approximate surface area is 124 Å². The van der Waals surface area contributed by atoms with Crippen LogP contribution in [-0.2, 0) is 6.54 Å². The Morgan fingerprint density at radius 2 is 1.95 bits per heavy atom. The highest BCUT2D eigenvalue weighted by molar-refractivity contribution is 5.51. The number of aryl methyl sites for hydroxylation is 1. The molecule has 3 aromatic rings. The lowest BCUT2D eigenvalue weighted by Crippen LogP contribution is -2.08. The van der Waals surface area contributed by atoms with Gasteiger partial charge in [-0.15, -0.1) is 0 Å². The van der Waals surface area contributed by atoms with Crippen LogP contribution in [0.25, 0.3) is 5.65 Å². The van der Waals surface area contributed by atoms with Crippen molar-refractivity contribution in [1.82, 2.24) is 19.6 Å². The average Bonchev–Trinajstić information content (AvgIpc) is 2.86. The molecule has 0 spiro atoms. The Morgan fingerprint density at radius 1 is 1.19 bits per heavy atom. The van der Waals surface area contributed by atoms with Gasteiger partial charge in [0.05, 0.1) is 5.69 Å². The number of hydrogen-bond acceptors (Lipinski definition) is 4. The summed E-state index contributed by atoms with van der Waals surface area (Å²) >= 11 is 0. The lowest BCUT2D eigenvalue weighted by Gasteiger charge is -2.12. The van der Waals surface area contributed by atoms with E-state index in [0.717, 1.165) is 29.4 Å². The largest absolute Gasteiger partial charge is 0.366 e. The molecule has 0 aromatic carbocycles. The van der Waals surface area contributed by atoms with Gasteiger partial charge < -0.3 is 5.32 Å². The van der Waals surface area contributed by atoms with Crippen LogP contribution in [-0.4, -0.2) is 19.6 Å². The van der Waals surface area contributed by atoms with E-state index in [-0.39, 0.29) is 0 Å². The van der Waals surface area contributed by atoms with E-state index in [9.17, 15) is 0 Å². The van der Waals surface area contributed by atoms with Gasteiger partial charge in [0, 0.05) is 36.8 Å². The van der Waals surface area contributed by atoms with E-state index in [2.05, 4.69) is 40.3 Å². The second-order valence-corrected chi connectivity index (χ2v) is 5.49. The van der Waals surface area contributed by atoms with Crippen LogP contribution < -0.4 is 5.32 Å². The van der Waals surface area contributed by atoms with Gasteiger partial charge in [-0.2, -0.15) is 9.61 Å². The molecule has 0 saturated carbocycles. The van der Waals surface area contributed by atoms with Crippen LogP contribution in [0, 0.1) is 6.92 Å². The molecule has 0 aliphatic rings. The molecule has 0 radical (unpaired) electrons. The molecule has 0 saturated heterocycles. The Kier molecular flexibility index (Phi) is 3.56. The van der Waals surface area contributed by atoms with Gasteiger partial charge in [0.25, 0.3) is 0 Å². The van der Waals surface area contributed by atoms with Gasteiger partial charge in [-0.1, -0.05) is 13.8 Å². The molecule has 21 heavy (non-hydrogen) atoms. The molecule has 3 heterocycles. The summed E-state index contributed by atoms with van der Waals surface area (Å²) in [5, 5.41) is 7.95. The number of hydrogen-bond donors (Lipinski definition) is 1. The number of fused-ring (bicyclic) bond motifs is 1. The van der Waals surface area contributed by atoms with Crippen molar-refractivity contribution in [2.45, 2.75) is 33.2 Å². The monoisotopic (exact) mass is 281 g/mol. The molecule has 0 amide bonds. The van der Waals surface area contributed by atoms with Crippen molar-refractivity contribution in [1.29, 1.82) is 0 Å². The summed E-state index contributed by atoms with van der Waals surface area (Å²) in [7, 11) is 0. The van der Waals surface area contributed by atoms with Gasteiger partial charge in [0.15, 0.2) is 5.65 Å². The third-order valence-corrected chi connectivity index (χ3v) is 3.38. The maximum atomic E-state index is 4.66. The predicted molar refractivity (Wildman–Crippen MR) is 83.4 cm³/mol. The number of nitrogens with zero attached hydrogens (tertiary/aromatic N) is 4. The fourth-order valence-corrected chi connectivity index (χ4v) is 2.22. The topological polar surface area (TPSA) is 55.1 Å². The van der Waals surface area contributed by atoms with E-state index in [1.54, 1.807) is 12.4 Å².